The molecule has 4 heteroatoms. The predicted octanol–water partition coefficient (Wildman–Crippen LogP) is 2.41. The second-order valence-electron chi connectivity index (χ2n) is 5.96. The molecule has 0 amide bonds. The lowest BCUT2D eigenvalue weighted by molar-refractivity contribution is 0.221. The van der Waals surface area contributed by atoms with Crippen LogP contribution >= 0.6 is 0 Å². The van der Waals surface area contributed by atoms with Crippen molar-refractivity contribution in [3.63, 3.8) is 0 Å². The van der Waals surface area contributed by atoms with Crippen LogP contribution in [0.3, 0.4) is 0 Å². The van der Waals surface area contributed by atoms with Crippen molar-refractivity contribution in [3.8, 4) is 0 Å². The van der Waals surface area contributed by atoms with Crippen molar-refractivity contribution < 1.29 is 0 Å². The average Bonchev–Trinajstić information content (AvgIpc) is 2.89. The van der Waals surface area contributed by atoms with Gasteiger partial charge in [0.1, 0.15) is 5.82 Å². The fourth-order valence-electron chi connectivity index (χ4n) is 3.25. The van der Waals surface area contributed by atoms with E-state index in [4.69, 9.17) is 10.7 Å². The summed E-state index contributed by atoms with van der Waals surface area (Å²) in [5, 5.41) is 0. The first-order valence-corrected chi connectivity index (χ1v) is 8.25. The first-order chi connectivity index (χ1) is 10.4. The molecule has 0 saturated carbocycles. The van der Waals surface area contributed by atoms with E-state index in [1.54, 1.807) is 0 Å². The summed E-state index contributed by atoms with van der Waals surface area (Å²) in [6, 6.07) is 8.47. The molecule has 0 unspecified atom stereocenters. The molecule has 1 saturated heterocycles. The minimum absolute atomic E-state index is 0.731. The lowest BCUT2D eigenvalue weighted by atomic mass is 10.1. The van der Waals surface area contributed by atoms with Crippen molar-refractivity contribution in [1.29, 1.82) is 0 Å². The van der Waals surface area contributed by atoms with Crippen molar-refractivity contribution >= 4 is 11.0 Å². The molecule has 21 heavy (non-hydrogen) atoms. The zero-order valence-electron chi connectivity index (χ0n) is 12.8. The van der Waals surface area contributed by atoms with Gasteiger partial charge in [-0.1, -0.05) is 18.6 Å². The lowest BCUT2D eigenvalue weighted by Gasteiger charge is -2.26. The van der Waals surface area contributed by atoms with Gasteiger partial charge in [0.2, 0.25) is 0 Å². The van der Waals surface area contributed by atoms with Gasteiger partial charge in [-0.15, -0.1) is 0 Å². The largest absolute Gasteiger partial charge is 0.330 e. The SMILES string of the molecule is NCCCc1nc2ccccc2n1CCN1CCCCC1. The molecule has 0 aliphatic carbocycles. The lowest BCUT2D eigenvalue weighted by Crippen LogP contribution is -2.32. The van der Waals surface area contributed by atoms with Crippen LogP contribution in [0, 0.1) is 0 Å². The first kappa shape index (κ1) is 14.5. The van der Waals surface area contributed by atoms with Gasteiger partial charge in [-0.2, -0.15) is 0 Å². The van der Waals surface area contributed by atoms with Gasteiger partial charge in [0.05, 0.1) is 11.0 Å². The molecule has 1 aromatic heterocycles. The molecule has 2 aromatic rings. The summed E-state index contributed by atoms with van der Waals surface area (Å²) >= 11 is 0. The molecule has 2 heterocycles. The number of nitrogens with two attached hydrogens (primary N) is 1. The zero-order chi connectivity index (χ0) is 14.5. The molecule has 114 valence electrons. The van der Waals surface area contributed by atoms with Gasteiger partial charge in [-0.25, -0.2) is 4.98 Å². The molecule has 4 nitrogen and oxygen atoms in total. The minimum Gasteiger partial charge on any atom is -0.330 e. The molecule has 1 fully saturated rings. The number of rotatable bonds is 6. The van der Waals surface area contributed by atoms with E-state index >= 15 is 0 Å². The standard InChI is InChI=1S/C17H26N4/c18-10-6-9-17-19-15-7-2-3-8-16(15)21(17)14-13-20-11-4-1-5-12-20/h2-3,7-8H,1,4-6,9-14,18H2. The normalized spacial score (nSPS) is 16.6. The highest BCUT2D eigenvalue weighted by atomic mass is 15.2. The summed E-state index contributed by atoms with van der Waals surface area (Å²) < 4.78 is 2.40. The van der Waals surface area contributed by atoms with Crippen molar-refractivity contribution in [2.24, 2.45) is 5.73 Å². The van der Waals surface area contributed by atoms with Crippen LogP contribution in [0.5, 0.6) is 0 Å². The highest BCUT2D eigenvalue weighted by Crippen LogP contribution is 2.18. The number of piperidine rings is 1. The summed E-state index contributed by atoms with van der Waals surface area (Å²) in [5.74, 6) is 1.19. The Morgan fingerprint density at radius 2 is 1.86 bits per heavy atom. The Morgan fingerprint density at radius 3 is 2.67 bits per heavy atom. The van der Waals surface area contributed by atoms with E-state index < -0.39 is 0 Å². The zero-order valence-corrected chi connectivity index (χ0v) is 12.8. The molecular weight excluding hydrogens is 260 g/mol. The van der Waals surface area contributed by atoms with Crippen LogP contribution in [0.15, 0.2) is 24.3 Å². The van der Waals surface area contributed by atoms with Crippen molar-refractivity contribution in [1.82, 2.24) is 14.5 Å². The van der Waals surface area contributed by atoms with Gasteiger partial charge in [0, 0.05) is 19.5 Å². The number of likely N-dealkylation sites (tertiary alicyclic amines) is 1. The van der Waals surface area contributed by atoms with Crippen LogP contribution < -0.4 is 5.73 Å². The fraction of sp³-hybridized carbons (Fsp3) is 0.588. The van der Waals surface area contributed by atoms with Crippen LogP contribution in [0.2, 0.25) is 0 Å². The quantitative estimate of drug-likeness (QED) is 0.887. The maximum Gasteiger partial charge on any atom is 0.109 e. The van der Waals surface area contributed by atoms with Crippen molar-refractivity contribution in [2.45, 2.75) is 38.6 Å². The van der Waals surface area contributed by atoms with Gasteiger partial charge in [0.15, 0.2) is 0 Å². The molecule has 1 aliphatic heterocycles. The third-order valence-corrected chi connectivity index (χ3v) is 4.43. The predicted molar refractivity (Wildman–Crippen MR) is 87.4 cm³/mol. The number of nitrogens with zero attached hydrogens (tertiary/aromatic N) is 3. The van der Waals surface area contributed by atoms with Gasteiger partial charge >= 0.3 is 0 Å². The van der Waals surface area contributed by atoms with Crippen LogP contribution in [0.25, 0.3) is 11.0 Å². The third-order valence-electron chi connectivity index (χ3n) is 4.43. The summed E-state index contributed by atoms with van der Waals surface area (Å²) in [6.45, 7) is 5.42. The van der Waals surface area contributed by atoms with E-state index in [9.17, 15) is 0 Å². The average molecular weight is 286 g/mol. The maximum atomic E-state index is 5.67. The topological polar surface area (TPSA) is 47.1 Å². The maximum absolute atomic E-state index is 5.67. The highest BCUT2D eigenvalue weighted by molar-refractivity contribution is 5.75. The fourth-order valence-corrected chi connectivity index (χ4v) is 3.25. The molecule has 1 aliphatic rings. The van der Waals surface area contributed by atoms with Crippen molar-refractivity contribution in [2.75, 3.05) is 26.2 Å². The van der Waals surface area contributed by atoms with Crippen LogP contribution in [0.4, 0.5) is 0 Å². The Hall–Kier alpha value is -1.39. The van der Waals surface area contributed by atoms with Crippen molar-refractivity contribution in [3.05, 3.63) is 30.1 Å². The van der Waals surface area contributed by atoms with E-state index in [1.807, 2.05) is 0 Å². The van der Waals surface area contributed by atoms with E-state index in [1.165, 1.54) is 43.7 Å². The monoisotopic (exact) mass is 286 g/mol. The van der Waals surface area contributed by atoms with Crippen LogP contribution in [-0.4, -0.2) is 40.6 Å². The van der Waals surface area contributed by atoms with E-state index in [2.05, 4.69) is 33.7 Å². The Labute approximate surface area is 126 Å². The Balaban J connectivity index is 1.77. The smallest absolute Gasteiger partial charge is 0.109 e. The highest BCUT2D eigenvalue weighted by Gasteiger charge is 2.13. The number of para-hydroxylation sites is 2. The molecular formula is C17H26N4. The number of imidazole rings is 1. The summed E-state index contributed by atoms with van der Waals surface area (Å²) in [6.07, 6.45) is 6.08. The summed E-state index contributed by atoms with van der Waals surface area (Å²) in [4.78, 5) is 7.39. The van der Waals surface area contributed by atoms with Gasteiger partial charge in [0.25, 0.3) is 0 Å². The molecule has 0 radical (unpaired) electrons. The van der Waals surface area contributed by atoms with Crippen LogP contribution in [0.1, 0.15) is 31.5 Å². The molecule has 0 bridgehead atoms. The van der Waals surface area contributed by atoms with Gasteiger partial charge < -0.3 is 15.2 Å². The molecule has 0 spiro atoms. The molecule has 1 aromatic carbocycles. The Kier molecular flexibility index (Phi) is 4.88. The summed E-state index contributed by atoms with van der Waals surface area (Å²) in [5.41, 5.74) is 8.05. The summed E-state index contributed by atoms with van der Waals surface area (Å²) in [7, 11) is 0. The number of aryl methyl sites for hydroxylation is 1. The third kappa shape index (κ3) is 3.44. The Bertz CT molecular complexity index is 569. The van der Waals surface area contributed by atoms with Crippen LogP contribution in [-0.2, 0) is 13.0 Å². The molecule has 0 atom stereocenters. The number of hydrogen-bond donors (Lipinski definition) is 1. The number of fused-ring (bicyclic) bond motifs is 1. The second-order valence-corrected chi connectivity index (χ2v) is 5.96. The second kappa shape index (κ2) is 7.05. The molecule has 2 N–H and O–H groups in total. The van der Waals surface area contributed by atoms with E-state index in [0.29, 0.717) is 0 Å². The number of benzene rings is 1. The number of aromatic nitrogens is 2. The van der Waals surface area contributed by atoms with E-state index in [0.717, 1.165) is 38.0 Å². The number of hydrogen-bond acceptors (Lipinski definition) is 3. The Morgan fingerprint density at radius 1 is 1.05 bits per heavy atom. The van der Waals surface area contributed by atoms with Gasteiger partial charge in [-0.05, 0) is 51.0 Å². The van der Waals surface area contributed by atoms with E-state index in [-0.39, 0.29) is 0 Å². The first-order valence-electron chi connectivity index (χ1n) is 8.25. The van der Waals surface area contributed by atoms with Gasteiger partial charge in [-0.3, -0.25) is 0 Å². The minimum atomic E-state index is 0.731. The molecule has 3 rings (SSSR count).